The van der Waals surface area contributed by atoms with Crippen molar-refractivity contribution in [1.82, 2.24) is 0 Å². The van der Waals surface area contributed by atoms with Crippen molar-refractivity contribution < 1.29 is 17.9 Å². The summed E-state index contributed by atoms with van der Waals surface area (Å²) in [6.07, 6.45) is 1.89. The maximum Gasteiger partial charge on any atom is 0.232 e. The van der Waals surface area contributed by atoms with Gasteiger partial charge < -0.3 is 9.47 Å². The molecular weight excluding hydrogens is 240 g/mol. The highest BCUT2D eigenvalue weighted by molar-refractivity contribution is 8.13. The first kappa shape index (κ1) is 13.2. The van der Waals surface area contributed by atoms with Crippen LogP contribution in [0.3, 0.4) is 0 Å². The Morgan fingerprint density at radius 2 is 2.20 bits per heavy atom. The molecule has 90 valence electrons. The Balaban J connectivity index is 2.28. The van der Waals surface area contributed by atoms with E-state index >= 15 is 0 Å². The molecule has 6 heteroatoms. The second-order valence-electron chi connectivity index (χ2n) is 3.85. The van der Waals surface area contributed by atoms with E-state index < -0.39 is 9.05 Å². The fourth-order valence-corrected chi connectivity index (χ4v) is 2.85. The Morgan fingerprint density at radius 1 is 1.53 bits per heavy atom. The summed E-state index contributed by atoms with van der Waals surface area (Å²) in [7, 11) is 1.80. The van der Waals surface area contributed by atoms with Gasteiger partial charge in [-0.1, -0.05) is 13.3 Å². The predicted molar refractivity (Wildman–Crippen MR) is 58.6 cm³/mol. The first-order valence-corrected chi connectivity index (χ1v) is 7.60. The van der Waals surface area contributed by atoms with Gasteiger partial charge in [-0.05, 0) is 12.3 Å². The lowest BCUT2D eigenvalue weighted by molar-refractivity contribution is -0.135. The first-order valence-electron chi connectivity index (χ1n) is 5.13. The van der Waals surface area contributed by atoms with Crippen LogP contribution in [0.25, 0.3) is 0 Å². The van der Waals surface area contributed by atoms with Gasteiger partial charge in [0.1, 0.15) is 6.10 Å². The molecule has 0 N–H and O–H groups in total. The maximum atomic E-state index is 10.9. The van der Waals surface area contributed by atoms with Gasteiger partial charge in [0.05, 0.1) is 25.6 Å². The number of rotatable bonds is 7. The molecule has 1 unspecified atom stereocenters. The van der Waals surface area contributed by atoms with Crippen LogP contribution >= 0.6 is 10.7 Å². The van der Waals surface area contributed by atoms with Gasteiger partial charge in [-0.15, -0.1) is 0 Å². The molecular formula is C9H17ClO4S. The maximum absolute atomic E-state index is 10.9. The van der Waals surface area contributed by atoms with Crippen molar-refractivity contribution in [3.8, 4) is 0 Å². The number of hydrogen-bond acceptors (Lipinski definition) is 4. The summed E-state index contributed by atoms with van der Waals surface area (Å²) in [5, 5.41) is 0. The van der Waals surface area contributed by atoms with Gasteiger partial charge in [0.25, 0.3) is 0 Å². The topological polar surface area (TPSA) is 52.6 Å². The third-order valence-electron chi connectivity index (χ3n) is 2.31. The largest absolute Gasteiger partial charge is 0.376 e. The molecule has 1 heterocycles. The summed E-state index contributed by atoms with van der Waals surface area (Å²) in [6.45, 7) is 3.70. The lowest BCUT2D eigenvalue weighted by Crippen LogP contribution is -2.37. The van der Waals surface area contributed by atoms with E-state index in [0.29, 0.717) is 19.8 Å². The van der Waals surface area contributed by atoms with E-state index in [-0.39, 0.29) is 17.8 Å². The lowest BCUT2D eigenvalue weighted by atomic mass is 10.1. The van der Waals surface area contributed by atoms with E-state index in [9.17, 15) is 8.42 Å². The molecule has 0 saturated carbocycles. The van der Waals surface area contributed by atoms with Crippen LogP contribution in [0.1, 0.15) is 19.8 Å². The molecule has 1 aliphatic heterocycles. The van der Waals surface area contributed by atoms with Crippen LogP contribution < -0.4 is 0 Å². The monoisotopic (exact) mass is 256 g/mol. The van der Waals surface area contributed by atoms with Gasteiger partial charge >= 0.3 is 0 Å². The normalized spacial score (nSPS) is 19.9. The van der Waals surface area contributed by atoms with Gasteiger partial charge in [0.15, 0.2) is 0 Å². The molecule has 0 aromatic carbocycles. The number of ether oxygens (including phenoxy) is 2. The fourth-order valence-electron chi connectivity index (χ4n) is 1.49. The van der Waals surface area contributed by atoms with E-state index in [1.54, 1.807) is 0 Å². The Bertz CT molecular complexity index is 274. The van der Waals surface area contributed by atoms with E-state index in [0.717, 1.165) is 12.8 Å². The summed E-state index contributed by atoms with van der Waals surface area (Å²) in [5.41, 5.74) is 0. The molecule has 0 aliphatic carbocycles. The van der Waals surface area contributed by atoms with Crippen LogP contribution in [0.15, 0.2) is 0 Å². The molecule has 0 bridgehead atoms. The van der Waals surface area contributed by atoms with E-state index in [1.165, 1.54) is 0 Å². The average molecular weight is 257 g/mol. The molecule has 1 aliphatic rings. The lowest BCUT2D eigenvalue weighted by Gasteiger charge is -2.27. The molecule has 0 radical (unpaired) electrons. The molecule has 1 rings (SSSR count). The molecule has 1 fully saturated rings. The Labute approximate surface area is 95.3 Å². The molecule has 1 saturated heterocycles. The van der Waals surface area contributed by atoms with Gasteiger partial charge in [0.2, 0.25) is 9.05 Å². The fraction of sp³-hybridized carbons (Fsp3) is 1.00. The van der Waals surface area contributed by atoms with Crippen LogP contribution in [0.2, 0.25) is 0 Å². The molecule has 0 aromatic heterocycles. The summed E-state index contributed by atoms with van der Waals surface area (Å²) in [5.74, 6) is -0.00575. The van der Waals surface area contributed by atoms with Gasteiger partial charge in [-0.2, -0.15) is 0 Å². The van der Waals surface area contributed by atoms with Gasteiger partial charge in [0, 0.05) is 10.7 Å². The van der Waals surface area contributed by atoms with Crippen molar-refractivity contribution in [1.29, 1.82) is 0 Å². The smallest absolute Gasteiger partial charge is 0.232 e. The summed E-state index contributed by atoms with van der Waals surface area (Å²) in [4.78, 5) is 0. The van der Waals surface area contributed by atoms with Crippen molar-refractivity contribution >= 4 is 19.7 Å². The third-order valence-corrected chi connectivity index (χ3v) is 3.55. The van der Waals surface area contributed by atoms with Gasteiger partial charge in [-0.25, -0.2) is 8.42 Å². The van der Waals surface area contributed by atoms with E-state index in [1.807, 2.05) is 6.92 Å². The van der Waals surface area contributed by atoms with E-state index in [2.05, 4.69) is 0 Å². The van der Waals surface area contributed by atoms with Crippen LogP contribution in [-0.4, -0.2) is 40.1 Å². The average Bonchev–Trinajstić information content (AvgIpc) is 1.98. The third kappa shape index (κ3) is 5.70. The molecule has 1 atom stereocenters. The second-order valence-corrected chi connectivity index (χ2v) is 6.67. The highest BCUT2D eigenvalue weighted by atomic mass is 35.7. The zero-order chi connectivity index (χ0) is 11.3. The number of hydrogen-bond donors (Lipinski definition) is 0. The van der Waals surface area contributed by atoms with Crippen LogP contribution in [0.4, 0.5) is 0 Å². The number of halogens is 1. The second kappa shape index (κ2) is 6.03. The van der Waals surface area contributed by atoms with E-state index in [4.69, 9.17) is 20.2 Å². The minimum Gasteiger partial charge on any atom is -0.376 e. The Morgan fingerprint density at radius 3 is 2.60 bits per heavy atom. The zero-order valence-electron chi connectivity index (χ0n) is 8.82. The zero-order valence-corrected chi connectivity index (χ0v) is 10.4. The molecule has 4 nitrogen and oxygen atoms in total. The summed E-state index contributed by atoms with van der Waals surface area (Å²) < 4.78 is 32.3. The highest BCUT2D eigenvalue weighted by Gasteiger charge is 2.22. The molecule has 15 heavy (non-hydrogen) atoms. The van der Waals surface area contributed by atoms with Crippen molar-refractivity contribution in [2.75, 3.05) is 25.6 Å². The van der Waals surface area contributed by atoms with Crippen molar-refractivity contribution in [3.63, 3.8) is 0 Å². The summed E-state index contributed by atoms with van der Waals surface area (Å²) in [6, 6.07) is 0. The summed E-state index contributed by atoms with van der Waals surface area (Å²) >= 11 is 0. The quantitative estimate of drug-likeness (QED) is 0.646. The Hall–Kier alpha value is 0.160. The van der Waals surface area contributed by atoms with Crippen LogP contribution in [0, 0.1) is 5.92 Å². The van der Waals surface area contributed by atoms with Gasteiger partial charge in [-0.3, -0.25) is 0 Å². The van der Waals surface area contributed by atoms with Crippen LogP contribution in [0.5, 0.6) is 0 Å². The molecule has 0 aromatic rings. The predicted octanol–water partition coefficient (Wildman–Crippen LogP) is 1.39. The standard InChI is InChI=1S/C9H17ClO4S/c1-2-3-8(7-15(10,11)12)4-14-9-5-13-6-9/h8-9H,2-7H2,1H3. The molecule has 0 amide bonds. The minimum atomic E-state index is -3.42. The molecule has 0 spiro atoms. The van der Waals surface area contributed by atoms with Crippen molar-refractivity contribution in [2.24, 2.45) is 5.92 Å². The van der Waals surface area contributed by atoms with Crippen molar-refractivity contribution in [2.45, 2.75) is 25.9 Å². The van der Waals surface area contributed by atoms with Crippen molar-refractivity contribution in [3.05, 3.63) is 0 Å². The Kier molecular flexibility index (Phi) is 5.32. The SMILES string of the molecule is CCCC(COC1COC1)CS(=O)(=O)Cl. The van der Waals surface area contributed by atoms with Crippen LogP contribution in [-0.2, 0) is 18.5 Å². The highest BCUT2D eigenvalue weighted by Crippen LogP contribution is 2.15. The minimum absolute atomic E-state index is 0.00176. The first-order chi connectivity index (χ1) is 7.01.